The topological polar surface area (TPSA) is 78.5 Å². The number of carbonyl (C=O) groups is 3. The normalized spacial score (nSPS) is 13.5. The Bertz CT molecular complexity index is 1260. The van der Waals surface area contributed by atoms with Gasteiger partial charge >= 0.3 is 0 Å². The summed E-state index contributed by atoms with van der Waals surface area (Å²) in [6.07, 6.45) is 0. The number of amides is 3. The van der Waals surface area contributed by atoms with Crippen molar-refractivity contribution in [3.8, 4) is 0 Å². The maximum Gasteiger partial charge on any atom is 0.283 e. The molecule has 9 heteroatoms. The van der Waals surface area contributed by atoms with Crippen molar-refractivity contribution in [2.45, 2.75) is 0 Å². The molecule has 1 aliphatic heterocycles. The van der Waals surface area contributed by atoms with E-state index in [4.69, 9.17) is 11.6 Å². The number of nitrogens with zero attached hydrogens (tertiary/aromatic N) is 1. The first-order chi connectivity index (χ1) is 15.3. The van der Waals surface area contributed by atoms with Crippen LogP contribution < -0.4 is 15.5 Å². The van der Waals surface area contributed by atoms with E-state index in [1.54, 1.807) is 6.07 Å². The van der Waals surface area contributed by atoms with Gasteiger partial charge in [0.05, 0.1) is 11.4 Å². The molecule has 0 aliphatic carbocycles. The number of nitrogens with one attached hydrogen (secondary N) is 2. The summed E-state index contributed by atoms with van der Waals surface area (Å²) < 4.78 is 26.9. The van der Waals surface area contributed by atoms with Crippen molar-refractivity contribution >= 4 is 46.4 Å². The maximum absolute atomic E-state index is 13.7. The fraction of sp³-hybridized carbons (Fsp3) is 0. The smallest absolute Gasteiger partial charge is 0.283 e. The summed E-state index contributed by atoms with van der Waals surface area (Å²) in [7, 11) is 0. The molecule has 0 atom stereocenters. The summed E-state index contributed by atoms with van der Waals surface area (Å²) in [6, 6.07) is 16.6. The van der Waals surface area contributed by atoms with Gasteiger partial charge in [0.25, 0.3) is 17.7 Å². The van der Waals surface area contributed by atoms with Crippen molar-refractivity contribution in [2.24, 2.45) is 0 Å². The van der Waals surface area contributed by atoms with Gasteiger partial charge in [-0.05, 0) is 60.7 Å². The molecule has 0 aromatic heterocycles. The number of carbonyl (C=O) groups excluding carboxylic acids is 3. The molecule has 0 saturated heterocycles. The van der Waals surface area contributed by atoms with E-state index in [1.807, 2.05) is 0 Å². The van der Waals surface area contributed by atoms with Crippen molar-refractivity contribution in [3.63, 3.8) is 0 Å². The van der Waals surface area contributed by atoms with Crippen molar-refractivity contribution in [3.05, 3.63) is 101 Å². The van der Waals surface area contributed by atoms with E-state index >= 15 is 0 Å². The molecule has 160 valence electrons. The Morgan fingerprint density at radius 1 is 0.844 bits per heavy atom. The van der Waals surface area contributed by atoms with Crippen LogP contribution in [0, 0.1) is 11.6 Å². The lowest BCUT2D eigenvalue weighted by molar-refractivity contribution is -0.120. The van der Waals surface area contributed by atoms with Crippen LogP contribution in [0.5, 0.6) is 0 Å². The number of halogens is 3. The number of hydrogen-bond donors (Lipinski definition) is 2. The first-order valence-corrected chi connectivity index (χ1v) is 9.70. The molecule has 6 nitrogen and oxygen atoms in total. The SMILES string of the molecule is O=C(Nc1ccccc1F)c1ccc(NC2=C(Cl)C(=O)N(c3ccc(F)cc3)C2=O)cc1. The number of anilines is 3. The van der Waals surface area contributed by atoms with Gasteiger partial charge in [-0.2, -0.15) is 0 Å². The molecular formula is C23H14ClF2N3O3. The first kappa shape index (κ1) is 21.2. The summed E-state index contributed by atoms with van der Waals surface area (Å²) >= 11 is 6.07. The summed E-state index contributed by atoms with van der Waals surface area (Å²) in [5.41, 5.74) is 0.719. The highest BCUT2D eigenvalue weighted by molar-refractivity contribution is 6.53. The Morgan fingerprint density at radius 2 is 1.50 bits per heavy atom. The second-order valence-electron chi connectivity index (χ2n) is 6.75. The van der Waals surface area contributed by atoms with E-state index < -0.39 is 29.4 Å². The second kappa shape index (κ2) is 8.60. The van der Waals surface area contributed by atoms with Gasteiger partial charge in [0, 0.05) is 11.3 Å². The molecule has 1 heterocycles. The van der Waals surface area contributed by atoms with Crippen LogP contribution in [0.1, 0.15) is 10.4 Å². The van der Waals surface area contributed by atoms with E-state index in [0.717, 1.165) is 17.0 Å². The van der Waals surface area contributed by atoms with Gasteiger partial charge in [0.2, 0.25) is 0 Å². The molecule has 2 N–H and O–H groups in total. The number of para-hydroxylation sites is 1. The Labute approximate surface area is 186 Å². The van der Waals surface area contributed by atoms with E-state index in [9.17, 15) is 23.2 Å². The highest BCUT2D eigenvalue weighted by Gasteiger charge is 2.38. The average Bonchev–Trinajstić information content (AvgIpc) is 3.00. The lowest BCUT2D eigenvalue weighted by atomic mass is 10.2. The zero-order valence-electron chi connectivity index (χ0n) is 16.2. The Morgan fingerprint density at radius 3 is 2.16 bits per heavy atom. The standard InChI is InChI=1S/C23H14ClF2N3O3/c24-19-20(23(32)29(22(19)31)16-11-7-14(25)8-12-16)27-15-9-5-13(6-10-15)21(30)28-18-4-2-1-3-17(18)26/h1-12,27H,(H,28,30). The van der Waals surface area contributed by atoms with Crippen molar-refractivity contribution < 1.29 is 23.2 Å². The largest absolute Gasteiger partial charge is 0.350 e. The minimum absolute atomic E-state index is 0.0487. The van der Waals surface area contributed by atoms with Gasteiger partial charge in [-0.3, -0.25) is 14.4 Å². The van der Waals surface area contributed by atoms with Gasteiger partial charge in [-0.1, -0.05) is 23.7 Å². The summed E-state index contributed by atoms with van der Waals surface area (Å²) in [4.78, 5) is 38.3. The second-order valence-corrected chi connectivity index (χ2v) is 7.13. The number of imide groups is 1. The third-order valence-electron chi connectivity index (χ3n) is 4.65. The predicted octanol–water partition coefficient (Wildman–Crippen LogP) is 4.65. The molecule has 32 heavy (non-hydrogen) atoms. The van der Waals surface area contributed by atoms with Crippen molar-refractivity contribution in [2.75, 3.05) is 15.5 Å². The molecule has 3 aromatic carbocycles. The number of benzene rings is 3. The Kier molecular flexibility index (Phi) is 5.70. The lowest BCUT2D eigenvalue weighted by Crippen LogP contribution is -2.32. The van der Waals surface area contributed by atoms with Gasteiger partial charge in [0.15, 0.2) is 0 Å². The van der Waals surface area contributed by atoms with Gasteiger partial charge in [-0.25, -0.2) is 13.7 Å². The first-order valence-electron chi connectivity index (χ1n) is 9.32. The monoisotopic (exact) mass is 453 g/mol. The highest BCUT2D eigenvalue weighted by Crippen LogP contribution is 2.30. The lowest BCUT2D eigenvalue weighted by Gasteiger charge is -2.15. The van der Waals surface area contributed by atoms with Gasteiger partial charge < -0.3 is 10.6 Å². The molecule has 3 aromatic rings. The molecule has 0 unspecified atom stereocenters. The summed E-state index contributed by atoms with van der Waals surface area (Å²) in [5.74, 6) is -3.03. The van der Waals surface area contributed by atoms with E-state index in [-0.39, 0.29) is 27.7 Å². The number of hydrogen-bond acceptors (Lipinski definition) is 4. The summed E-state index contributed by atoms with van der Waals surface area (Å²) in [6.45, 7) is 0. The zero-order chi connectivity index (χ0) is 22.8. The quantitative estimate of drug-likeness (QED) is 0.551. The third-order valence-corrected chi connectivity index (χ3v) is 5.00. The van der Waals surface area contributed by atoms with Crippen LogP contribution in [0.15, 0.2) is 83.5 Å². The molecule has 3 amide bonds. The molecule has 0 fully saturated rings. The van der Waals surface area contributed by atoms with E-state index in [1.165, 1.54) is 54.6 Å². The fourth-order valence-corrected chi connectivity index (χ4v) is 3.25. The van der Waals surface area contributed by atoms with Crippen LogP contribution in [-0.2, 0) is 9.59 Å². The maximum atomic E-state index is 13.7. The average molecular weight is 454 g/mol. The molecule has 0 bridgehead atoms. The van der Waals surface area contributed by atoms with Crippen LogP contribution >= 0.6 is 11.6 Å². The van der Waals surface area contributed by atoms with Crippen LogP contribution in [0.25, 0.3) is 0 Å². The Hall–Kier alpha value is -4.04. The van der Waals surface area contributed by atoms with Gasteiger partial charge in [-0.15, -0.1) is 0 Å². The molecule has 1 aliphatic rings. The van der Waals surface area contributed by atoms with Crippen LogP contribution in [-0.4, -0.2) is 17.7 Å². The van der Waals surface area contributed by atoms with Crippen LogP contribution in [0.2, 0.25) is 0 Å². The van der Waals surface area contributed by atoms with E-state index in [0.29, 0.717) is 5.69 Å². The van der Waals surface area contributed by atoms with Crippen molar-refractivity contribution in [1.82, 2.24) is 0 Å². The van der Waals surface area contributed by atoms with Crippen LogP contribution in [0.3, 0.4) is 0 Å². The molecular weight excluding hydrogens is 440 g/mol. The highest BCUT2D eigenvalue weighted by atomic mass is 35.5. The minimum Gasteiger partial charge on any atom is -0.350 e. The molecule has 0 saturated carbocycles. The molecule has 0 radical (unpaired) electrons. The van der Waals surface area contributed by atoms with E-state index in [2.05, 4.69) is 10.6 Å². The van der Waals surface area contributed by atoms with Crippen molar-refractivity contribution in [1.29, 1.82) is 0 Å². The number of rotatable bonds is 5. The summed E-state index contributed by atoms with van der Waals surface area (Å²) in [5, 5.41) is 4.93. The third kappa shape index (κ3) is 4.08. The molecule has 0 spiro atoms. The predicted molar refractivity (Wildman–Crippen MR) is 116 cm³/mol. The Balaban J connectivity index is 1.49. The zero-order valence-corrected chi connectivity index (χ0v) is 17.0. The van der Waals surface area contributed by atoms with Gasteiger partial charge in [0.1, 0.15) is 22.4 Å². The molecule has 4 rings (SSSR count). The fourth-order valence-electron chi connectivity index (χ4n) is 3.04. The minimum atomic E-state index is -0.744. The van der Waals surface area contributed by atoms with Crippen LogP contribution in [0.4, 0.5) is 25.8 Å².